The molecule has 7 nitrogen and oxygen atoms in total. The standard InChI is InChI=1S/C18H21N5O2/c1-12-15(20-16(19-12)13-5-3-2-4-6-13)18-21-17(14-7-10-25-11-14)22-23(18)8-9-24/h2-6,14,24H,7-11H2,1H3,(H,19,20)/t14-/m0/s1. The van der Waals surface area contributed by atoms with E-state index in [2.05, 4.69) is 10.1 Å². The molecule has 0 unspecified atom stereocenters. The van der Waals surface area contributed by atoms with Crippen molar-refractivity contribution in [1.82, 2.24) is 24.7 Å². The number of aliphatic hydroxyl groups is 1. The lowest BCUT2D eigenvalue weighted by Gasteiger charge is -2.01. The topological polar surface area (TPSA) is 88.9 Å². The molecule has 0 saturated carbocycles. The Morgan fingerprint density at radius 2 is 2.12 bits per heavy atom. The van der Waals surface area contributed by atoms with Crippen molar-refractivity contribution >= 4 is 0 Å². The highest BCUT2D eigenvalue weighted by Crippen LogP contribution is 2.28. The van der Waals surface area contributed by atoms with Crippen LogP contribution in [0.15, 0.2) is 30.3 Å². The maximum atomic E-state index is 9.38. The molecule has 2 aromatic heterocycles. The molecule has 1 atom stereocenters. The Morgan fingerprint density at radius 3 is 2.84 bits per heavy atom. The number of benzene rings is 1. The molecule has 0 amide bonds. The summed E-state index contributed by atoms with van der Waals surface area (Å²) in [5.74, 6) is 2.47. The molecule has 3 heterocycles. The van der Waals surface area contributed by atoms with Gasteiger partial charge < -0.3 is 14.8 Å². The molecule has 0 spiro atoms. The Bertz CT molecular complexity index is 850. The van der Waals surface area contributed by atoms with Crippen LogP contribution >= 0.6 is 0 Å². The number of aryl methyl sites for hydroxylation is 1. The maximum absolute atomic E-state index is 9.38. The molecule has 1 aromatic carbocycles. The zero-order chi connectivity index (χ0) is 17.2. The van der Waals surface area contributed by atoms with Crippen LogP contribution in [0.3, 0.4) is 0 Å². The Balaban J connectivity index is 1.74. The summed E-state index contributed by atoms with van der Waals surface area (Å²) in [6.07, 6.45) is 0.928. The van der Waals surface area contributed by atoms with Gasteiger partial charge in [0.15, 0.2) is 11.6 Å². The third-order valence-corrected chi connectivity index (χ3v) is 4.44. The Labute approximate surface area is 145 Å². The van der Waals surface area contributed by atoms with Gasteiger partial charge in [-0.15, -0.1) is 0 Å². The molecule has 4 rings (SSSR count). The second-order valence-electron chi connectivity index (χ2n) is 6.23. The molecule has 7 heteroatoms. The largest absolute Gasteiger partial charge is 0.394 e. The minimum atomic E-state index is 0.00593. The van der Waals surface area contributed by atoms with E-state index < -0.39 is 0 Å². The first-order valence-corrected chi connectivity index (χ1v) is 8.52. The van der Waals surface area contributed by atoms with Crippen LogP contribution in [0.5, 0.6) is 0 Å². The number of H-pyrrole nitrogens is 1. The first kappa shape index (κ1) is 16.0. The zero-order valence-electron chi connectivity index (χ0n) is 14.1. The number of aliphatic hydroxyl groups excluding tert-OH is 1. The van der Waals surface area contributed by atoms with E-state index in [9.17, 15) is 5.11 Å². The van der Waals surface area contributed by atoms with Crippen LogP contribution in [-0.4, -0.2) is 49.7 Å². The molecule has 1 fully saturated rings. The first-order valence-electron chi connectivity index (χ1n) is 8.52. The predicted octanol–water partition coefficient (Wildman–Crippen LogP) is 2.14. The van der Waals surface area contributed by atoms with E-state index in [1.165, 1.54) is 0 Å². The molecule has 3 aromatic rings. The number of aromatic amines is 1. The van der Waals surface area contributed by atoms with Crippen molar-refractivity contribution in [2.45, 2.75) is 25.8 Å². The van der Waals surface area contributed by atoms with Crippen molar-refractivity contribution in [2.75, 3.05) is 19.8 Å². The number of hydrogen-bond donors (Lipinski definition) is 2. The summed E-state index contributed by atoms with van der Waals surface area (Å²) >= 11 is 0. The van der Waals surface area contributed by atoms with Gasteiger partial charge in [-0.05, 0) is 13.3 Å². The van der Waals surface area contributed by atoms with Crippen LogP contribution in [0.4, 0.5) is 0 Å². The number of nitrogens with one attached hydrogen (secondary N) is 1. The second kappa shape index (κ2) is 6.78. The lowest BCUT2D eigenvalue weighted by atomic mass is 10.1. The third-order valence-electron chi connectivity index (χ3n) is 4.44. The highest BCUT2D eigenvalue weighted by Gasteiger charge is 2.25. The molecular weight excluding hydrogens is 318 g/mol. The number of hydrogen-bond acceptors (Lipinski definition) is 5. The summed E-state index contributed by atoms with van der Waals surface area (Å²) in [4.78, 5) is 12.8. The molecule has 1 aliphatic heterocycles. The fourth-order valence-electron chi connectivity index (χ4n) is 3.11. The van der Waals surface area contributed by atoms with Gasteiger partial charge in [-0.2, -0.15) is 5.10 Å². The van der Waals surface area contributed by atoms with Crippen molar-refractivity contribution in [3.63, 3.8) is 0 Å². The van der Waals surface area contributed by atoms with E-state index >= 15 is 0 Å². The lowest BCUT2D eigenvalue weighted by molar-refractivity contribution is 0.193. The van der Waals surface area contributed by atoms with Crippen LogP contribution in [0.25, 0.3) is 22.9 Å². The van der Waals surface area contributed by atoms with Gasteiger partial charge in [-0.25, -0.2) is 14.6 Å². The molecule has 0 bridgehead atoms. The molecule has 0 aliphatic carbocycles. The van der Waals surface area contributed by atoms with Crippen molar-refractivity contribution in [3.8, 4) is 22.9 Å². The quantitative estimate of drug-likeness (QED) is 0.743. The molecule has 1 aliphatic rings. The van der Waals surface area contributed by atoms with Crippen molar-refractivity contribution < 1.29 is 9.84 Å². The number of ether oxygens (including phenoxy) is 1. The van der Waals surface area contributed by atoms with Gasteiger partial charge >= 0.3 is 0 Å². The molecule has 0 radical (unpaired) electrons. The summed E-state index contributed by atoms with van der Waals surface area (Å²) in [5.41, 5.74) is 2.72. The van der Waals surface area contributed by atoms with Crippen molar-refractivity contribution in [1.29, 1.82) is 0 Å². The molecule has 130 valence electrons. The van der Waals surface area contributed by atoms with E-state index in [-0.39, 0.29) is 12.5 Å². The minimum absolute atomic E-state index is 0.00593. The minimum Gasteiger partial charge on any atom is -0.394 e. The van der Waals surface area contributed by atoms with E-state index in [4.69, 9.17) is 14.7 Å². The van der Waals surface area contributed by atoms with Crippen molar-refractivity contribution in [3.05, 3.63) is 41.9 Å². The molecule has 2 N–H and O–H groups in total. The summed E-state index contributed by atoms with van der Waals surface area (Å²) in [7, 11) is 0. The summed E-state index contributed by atoms with van der Waals surface area (Å²) < 4.78 is 7.19. The van der Waals surface area contributed by atoms with Gasteiger partial charge in [0, 0.05) is 23.8 Å². The fraction of sp³-hybridized carbons (Fsp3) is 0.389. The Hall–Kier alpha value is -2.51. The highest BCUT2D eigenvalue weighted by atomic mass is 16.5. The van der Waals surface area contributed by atoms with Gasteiger partial charge in [0.05, 0.1) is 19.8 Å². The average molecular weight is 339 g/mol. The van der Waals surface area contributed by atoms with Gasteiger partial charge in [0.1, 0.15) is 11.5 Å². The Kier molecular flexibility index (Phi) is 4.33. The zero-order valence-corrected chi connectivity index (χ0v) is 14.1. The molecule has 1 saturated heterocycles. The lowest BCUT2D eigenvalue weighted by Crippen LogP contribution is -2.07. The maximum Gasteiger partial charge on any atom is 0.179 e. The fourth-order valence-corrected chi connectivity index (χ4v) is 3.11. The van der Waals surface area contributed by atoms with Crippen molar-refractivity contribution in [2.24, 2.45) is 0 Å². The first-order chi connectivity index (χ1) is 12.3. The smallest absolute Gasteiger partial charge is 0.179 e. The summed E-state index contributed by atoms with van der Waals surface area (Å²) in [5, 5.41) is 14.0. The molecular formula is C18H21N5O2. The SMILES string of the molecule is Cc1[nH]c(-c2ccccc2)nc1-c1nc([C@H]2CCOC2)nn1CCO. The van der Waals surface area contributed by atoms with Gasteiger partial charge in [-0.3, -0.25) is 0 Å². The monoisotopic (exact) mass is 339 g/mol. The Morgan fingerprint density at radius 1 is 1.28 bits per heavy atom. The van der Waals surface area contributed by atoms with Crippen LogP contribution in [0, 0.1) is 6.92 Å². The average Bonchev–Trinajstić information content (AvgIpc) is 3.35. The number of rotatable bonds is 5. The van der Waals surface area contributed by atoms with Crippen LogP contribution in [-0.2, 0) is 11.3 Å². The van der Waals surface area contributed by atoms with Gasteiger partial charge in [0.2, 0.25) is 0 Å². The summed E-state index contributed by atoms with van der Waals surface area (Å²) in [6.45, 7) is 3.77. The van der Waals surface area contributed by atoms with Crippen LogP contribution < -0.4 is 0 Å². The third kappa shape index (κ3) is 3.08. The van der Waals surface area contributed by atoms with E-state index in [0.717, 1.165) is 41.6 Å². The van der Waals surface area contributed by atoms with Crippen LogP contribution in [0.1, 0.15) is 23.9 Å². The predicted molar refractivity (Wildman–Crippen MR) is 93.0 cm³/mol. The normalized spacial score (nSPS) is 17.3. The second-order valence-corrected chi connectivity index (χ2v) is 6.23. The summed E-state index contributed by atoms with van der Waals surface area (Å²) in [6, 6.07) is 9.98. The van der Waals surface area contributed by atoms with E-state index in [1.807, 2.05) is 37.3 Å². The van der Waals surface area contributed by atoms with E-state index in [1.54, 1.807) is 4.68 Å². The van der Waals surface area contributed by atoms with E-state index in [0.29, 0.717) is 19.0 Å². The number of aromatic nitrogens is 5. The van der Waals surface area contributed by atoms with Crippen LogP contribution in [0.2, 0.25) is 0 Å². The van der Waals surface area contributed by atoms with Gasteiger partial charge in [-0.1, -0.05) is 30.3 Å². The highest BCUT2D eigenvalue weighted by molar-refractivity contribution is 5.63. The number of imidazole rings is 1. The molecule has 25 heavy (non-hydrogen) atoms. The number of nitrogens with zero attached hydrogens (tertiary/aromatic N) is 4. The van der Waals surface area contributed by atoms with Gasteiger partial charge in [0.25, 0.3) is 0 Å².